The van der Waals surface area contributed by atoms with Gasteiger partial charge in [0.15, 0.2) is 0 Å². The molecule has 0 fully saturated rings. The number of halogens is 3. The lowest BCUT2D eigenvalue weighted by Gasteiger charge is -2.08. The Morgan fingerprint density at radius 2 is 1.82 bits per heavy atom. The van der Waals surface area contributed by atoms with E-state index in [0.29, 0.717) is 17.5 Å². The zero-order valence-electron chi connectivity index (χ0n) is 17.7. The van der Waals surface area contributed by atoms with Crippen LogP contribution in [0.15, 0.2) is 77.4 Å². The smallest absolute Gasteiger partial charge is 0.417 e. The lowest BCUT2D eigenvalue weighted by atomic mass is 10.2. The summed E-state index contributed by atoms with van der Waals surface area (Å²) in [6, 6.07) is 18.0. The summed E-state index contributed by atoms with van der Waals surface area (Å²) in [7, 11) is 0. The molecule has 0 bridgehead atoms. The van der Waals surface area contributed by atoms with Crippen LogP contribution in [0, 0.1) is 0 Å². The summed E-state index contributed by atoms with van der Waals surface area (Å²) in [5.74, 6) is 0.498. The molecule has 2 heterocycles. The third-order valence-electron chi connectivity index (χ3n) is 4.63. The second kappa shape index (κ2) is 10.2. The molecule has 0 saturated carbocycles. The van der Waals surface area contributed by atoms with E-state index in [1.165, 1.54) is 0 Å². The molecule has 10 heteroatoms. The standard InChI is InChI=1S/C24H18F3N3O4/c25-24(26,27)18-9-10-20(28-14-18)33-19-8-4-7-17(13-19)23-29-21(34-30-23)11-12-22(31)32-15-16-5-2-1-3-6-16/h1-10,13-14H,11-12,15H2. The minimum atomic E-state index is -4.47. The molecule has 4 rings (SSSR count). The number of hydrogen-bond acceptors (Lipinski definition) is 7. The lowest BCUT2D eigenvalue weighted by molar-refractivity contribution is -0.145. The number of hydrogen-bond donors (Lipinski definition) is 0. The molecule has 0 amide bonds. The van der Waals surface area contributed by atoms with Crippen LogP contribution in [0.25, 0.3) is 11.4 Å². The van der Waals surface area contributed by atoms with Crippen LogP contribution in [-0.4, -0.2) is 21.1 Å². The van der Waals surface area contributed by atoms with Crippen molar-refractivity contribution < 1.29 is 32.0 Å². The van der Waals surface area contributed by atoms with Gasteiger partial charge in [0.1, 0.15) is 12.4 Å². The number of carbonyl (C=O) groups is 1. The van der Waals surface area contributed by atoms with Gasteiger partial charge in [0.25, 0.3) is 0 Å². The van der Waals surface area contributed by atoms with E-state index >= 15 is 0 Å². The van der Waals surface area contributed by atoms with E-state index in [-0.39, 0.29) is 43.0 Å². The topological polar surface area (TPSA) is 87.3 Å². The van der Waals surface area contributed by atoms with Crippen LogP contribution in [0.1, 0.15) is 23.4 Å². The summed E-state index contributed by atoms with van der Waals surface area (Å²) < 4.78 is 54.0. The Balaban J connectivity index is 1.33. The molecule has 34 heavy (non-hydrogen) atoms. The average molecular weight is 469 g/mol. The van der Waals surface area contributed by atoms with E-state index in [0.717, 1.165) is 17.7 Å². The number of aromatic nitrogens is 3. The molecule has 0 aliphatic heterocycles. The summed E-state index contributed by atoms with van der Waals surface area (Å²) in [5.41, 5.74) is 0.590. The molecule has 0 atom stereocenters. The van der Waals surface area contributed by atoms with Crippen LogP contribution >= 0.6 is 0 Å². The van der Waals surface area contributed by atoms with Crippen molar-refractivity contribution in [2.45, 2.75) is 25.6 Å². The van der Waals surface area contributed by atoms with Crippen molar-refractivity contribution in [1.29, 1.82) is 0 Å². The van der Waals surface area contributed by atoms with Gasteiger partial charge >= 0.3 is 12.1 Å². The number of ether oxygens (including phenoxy) is 2. The third kappa shape index (κ3) is 6.18. The largest absolute Gasteiger partial charge is 0.461 e. The van der Waals surface area contributed by atoms with Gasteiger partial charge in [-0.05, 0) is 23.8 Å². The summed E-state index contributed by atoms with van der Waals surface area (Å²) in [6.07, 6.45) is -3.47. The quantitative estimate of drug-likeness (QED) is 0.310. The first kappa shape index (κ1) is 23.0. The van der Waals surface area contributed by atoms with Crippen LogP contribution in [0.5, 0.6) is 11.6 Å². The molecule has 0 aliphatic rings. The van der Waals surface area contributed by atoms with Crippen molar-refractivity contribution in [3.8, 4) is 23.0 Å². The highest BCUT2D eigenvalue weighted by Crippen LogP contribution is 2.30. The zero-order chi connectivity index (χ0) is 24.0. The average Bonchev–Trinajstić information content (AvgIpc) is 3.31. The Hall–Kier alpha value is -4.21. The van der Waals surface area contributed by atoms with Crippen LogP contribution in [0.4, 0.5) is 13.2 Å². The molecule has 0 unspecified atom stereocenters. The van der Waals surface area contributed by atoms with Crippen molar-refractivity contribution in [3.63, 3.8) is 0 Å². The first-order chi connectivity index (χ1) is 16.4. The van der Waals surface area contributed by atoms with Crippen LogP contribution in [0.3, 0.4) is 0 Å². The molecule has 0 saturated heterocycles. The Morgan fingerprint density at radius 3 is 2.56 bits per heavy atom. The Kier molecular flexibility index (Phi) is 6.86. The maximum Gasteiger partial charge on any atom is 0.417 e. The first-order valence-electron chi connectivity index (χ1n) is 10.2. The predicted octanol–water partition coefficient (Wildman–Crippen LogP) is 5.62. The van der Waals surface area contributed by atoms with E-state index in [1.54, 1.807) is 24.3 Å². The first-order valence-corrected chi connectivity index (χ1v) is 10.2. The number of nitrogens with zero attached hydrogens (tertiary/aromatic N) is 3. The molecule has 7 nitrogen and oxygen atoms in total. The highest BCUT2D eigenvalue weighted by molar-refractivity contribution is 5.69. The number of carbonyl (C=O) groups excluding carboxylic acids is 1. The van der Waals surface area contributed by atoms with Gasteiger partial charge < -0.3 is 14.0 Å². The Bertz CT molecular complexity index is 1240. The third-order valence-corrected chi connectivity index (χ3v) is 4.63. The van der Waals surface area contributed by atoms with E-state index in [2.05, 4.69) is 15.1 Å². The van der Waals surface area contributed by atoms with Gasteiger partial charge in [-0.15, -0.1) is 0 Å². The second-order valence-electron chi connectivity index (χ2n) is 7.17. The summed E-state index contributed by atoms with van der Waals surface area (Å²) in [6.45, 7) is 0.190. The summed E-state index contributed by atoms with van der Waals surface area (Å²) >= 11 is 0. The van der Waals surface area contributed by atoms with Crippen molar-refractivity contribution in [1.82, 2.24) is 15.1 Å². The molecule has 0 radical (unpaired) electrons. The molecule has 0 aliphatic carbocycles. The molecule has 2 aromatic heterocycles. The van der Waals surface area contributed by atoms with Gasteiger partial charge in [-0.1, -0.05) is 47.6 Å². The van der Waals surface area contributed by atoms with E-state index in [1.807, 2.05) is 30.3 Å². The second-order valence-corrected chi connectivity index (χ2v) is 7.17. The zero-order valence-corrected chi connectivity index (χ0v) is 17.7. The molecule has 0 spiro atoms. The number of aryl methyl sites for hydroxylation is 1. The molecule has 2 aromatic carbocycles. The number of pyridine rings is 1. The summed E-state index contributed by atoms with van der Waals surface area (Å²) in [5, 5.41) is 3.91. The van der Waals surface area contributed by atoms with E-state index in [9.17, 15) is 18.0 Å². The number of rotatable bonds is 8. The fourth-order valence-corrected chi connectivity index (χ4v) is 2.92. The maximum absolute atomic E-state index is 12.7. The molecule has 174 valence electrons. The fraction of sp³-hybridized carbons (Fsp3) is 0.167. The highest BCUT2D eigenvalue weighted by atomic mass is 19.4. The molecule has 0 N–H and O–H groups in total. The number of esters is 1. The van der Waals surface area contributed by atoms with Crippen molar-refractivity contribution in [2.24, 2.45) is 0 Å². The minimum Gasteiger partial charge on any atom is -0.461 e. The number of alkyl halides is 3. The van der Waals surface area contributed by atoms with Gasteiger partial charge in [-0.25, -0.2) is 4.98 Å². The highest BCUT2D eigenvalue weighted by Gasteiger charge is 2.30. The van der Waals surface area contributed by atoms with Crippen LogP contribution in [-0.2, 0) is 28.7 Å². The van der Waals surface area contributed by atoms with Crippen molar-refractivity contribution in [2.75, 3.05) is 0 Å². The van der Waals surface area contributed by atoms with Gasteiger partial charge in [0.05, 0.1) is 12.0 Å². The number of benzene rings is 2. The van der Waals surface area contributed by atoms with E-state index in [4.69, 9.17) is 14.0 Å². The van der Waals surface area contributed by atoms with Crippen LogP contribution < -0.4 is 4.74 Å². The Labute approximate surface area is 192 Å². The predicted molar refractivity (Wildman–Crippen MR) is 114 cm³/mol. The molecular weight excluding hydrogens is 451 g/mol. The van der Waals surface area contributed by atoms with Crippen molar-refractivity contribution in [3.05, 3.63) is 89.9 Å². The van der Waals surface area contributed by atoms with Gasteiger partial charge in [0.2, 0.25) is 17.6 Å². The van der Waals surface area contributed by atoms with Gasteiger partial charge in [-0.3, -0.25) is 4.79 Å². The van der Waals surface area contributed by atoms with E-state index < -0.39 is 11.7 Å². The maximum atomic E-state index is 12.7. The lowest BCUT2D eigenvalue weighted by Crippen LogP contribution is -2.06. The van der Waals surface area contributed by atoms with Crippen LogP contribution in [0.2, 0.25) is 0 Å². The van der Waals surface area contributed by atoms with Gasteiger partial charge in [0, 0.05) is 24.2 Å². The fourth-order valence-electron chi connectivity index (χ4n) is 2.92. The molecule has 4 aromatic rings. The van der Waals surface area contributed by atoms with Gasteiger partial charge in [-0.2, -0.15) is 18.2 Å². The Morgan fingerprint density at radius 1 is 1.00 bits per heavy atom. The minimum absolute atomic E-state index is 0.00738. The monoisotopic (exact) mass is 469 g/mol. The SMILES string of the molecule is O=C(CCc1nc(-c2cccc(Oc3ccc(C(F)(F)F)cn3)c2)no1)OCc1ccccc1. The summed E-state index contributed by atoms with van der Waals surface area (Å²) in [4.78, 5) is 19.9. The molecular formula is C24H18F3N3O4. The normalized spacial score (nSPS) is 11.3. The van der Waals surface area contributed by atoms with Crippen molar-refractivity contribution >= 4 is 5.97 Å².